The Bertz CT molecular complexity index is 638. The van der Waals surface area contributed by atoms with E-state index in [0.29, 0.717) is 12.3 Å². The Morgan fingerprint density at radius 2 is 1.96 bits per heavy atom. The first-order valence-electron chi connectivity index (χ1n) is 7.73. The van der Waals surface area contributed by atoms with Crippen LogP contribution in [0.3, 0.4) is 0 Å². The van der Waals surface area contributed by atoms with Crippen molar-refractivity contribution in [1.82, 2.24) is 5.32 Å². The van der Waals surface area contributed by atoms with Crippen LogP contribution in [-0.4, -0.2) is 40.0 Å². The molecule has 1 N–H and O–H groups in total. The van der Waals surface area contributed by atoms with E-state index in [-0.39, 0.29) is 24.1 Å². The lowest BCUT2D eigenvalue weighted by molar-refractivity contribution is -0.121. The van der Waals surface area contributed by atoms with Crippen LogP contribution in [0, 0.1) is 12.8 Å². The summed E-state index contributed by atoms with van der Waals surface area (Å²) in [5.41, 5.74) is 2.13. The molecule has 23 heavy (non-hydrogen) atoms. The van der Waals surface area contributed by atoms with Gasteiger partial charge < -0.3 is 10.1 Å². The average molecular weight is 341 g/mol. The molecule has 0 radical (unpaired) electrons. The Morgan fingerprint density at radius 3 is 2.43 bits per heavy atom. The Morgan fingerprint density at radius 1 is 1.30 bits per heavy atom. The van der Waals surface area contributed by atoms with Crippen molar-refractivity contribution < 1.29 is 17.9 Å². The summed E-state index contributed by atoms with van der Waals surface area (Å²) in [5, 5.41) is 2.69. The zero-order valence-electron chi connectivity index (χ0n) is 14.5. The fourth-order valence-electron chi connectivity index (χ4n) is 2.52. The third kappa shape index (κ3) is 6.60. The van der Waals surface area contributed by atoms with Gasteiger partial charge in [0.2, 0.25) is 5.91 Å². The van der Waals surface area contributed by atoms with Gasteiger partial charge in [-0.25, -0.2) is 8.42 Å². The van der Waals surface area contributed by atoms with Gasteiger partial charge in [0.1, 0.15) is 15.6 Å². The number of methoxy groups -OCH3 is 1. The molecule has 0 saturated heterocycles. The van der Waals surface area contributed by atoms with E-state index in [4.69, 9.17) is 4.74 Å². The van der Waals surface area contributed by atoms with Gasteiger partial charge in [-0.1, -0.05) is 26.0 Å². The van der Waals surface area contributed by atoms with Gasteiger partial charge >= 0.3 is 0 Å². The van der Waals surface area contributed by atoms with E-state index in [1.165, 1.54) is 0 Å². The number of carbonyl (C=O) groups excluding carboxylic acids is 1. The van der Waals surface area contributed by atoms with Crippen molar-refractivity contribution >= 4 is 15.7 Å². The Hall–Kier alpha value is -1.56. The maximum absolute atomic E-state index is 12.1. The topological polar surface area (TPSA) is 72.5 Å². The molecular weight excluding hydrogens is 314 g/mol. The number of hydrogen-bond acceptors (Lipinski definition) is 4. The van der Waals surface area contributed by atoms with Crippen molar-refractivity contribution in [3.63, 3.8) is 0 Å². The molecule has 0 fully saturated rings. The highest BCUT2D eigenvalue weighted by Crippen LogP contribution is 2.31. The molecule has 1 aromatic rings. The molecular formula is C17H27NO4S. The lowest BCUT2D eigenvalue weighted by atomic mass is 9.85. The highest BCUT2D eigenvalue weighted by atomic mass is 32.2. The molecule has 0 saturated carbocycles. The largest absolute Gasteiger partial charge is 0.496 e. The third-order valence-corrected chi connectivity index (χ3v) is 4.80. The smallest absolute Gasteiger partial charge is 0.220 e. The number of benzene rings is 1. The molecule has 1 aromatic carbocycles. The number of ether oxygens (including phenoxy) is 1. The second-order valence-corrected chi connectivity index (χ2v) is 8.52. The van der Waals surface area contributed by atoms with Gasteiger partial charge in [-0.3, -0.25) is 4.79 Å². The third-order valence-electron chi connectivity index (χ3n) is 3.85. The lowest BCUT2D eigenvalue weighted by Gasteiger charge is -2.22. The fourth-order valence-corrected chi connectivity index (χ4v) is 2.99. The van der Waals surface area contributed by atoms with Crippen LogP contribution >= 0.6 is 0 Å². The molecule has 130 valence electrons. The van der Waals surface area contributed by atoms with Crippen LogP contribution in [-0.2, 0) is 14.6 Å². The second-order valence-electron chi connectivity index (χ2n) is 6.26. The van der Waals surface area contributed by atoms with Crippen molar-refractivity contribution in [2.75, 3.05) is 25.7 Å². The van der Waals surface area contributed by atoms with Gasteiger partial charge in [-0.2, -0.15) is 0 Å². The maximum atomic E-state index is 12.1. The first kappa shape index (κ1) is 19.5. The zero-order chi connectivity index (χ0) is 17.6. The predicted molar refractivity (Wildman–Crippen MR) is 92.6 cm³/mol. The molecule has 5 nitrogen and oxygen atoms in total. The Kier molecular flexibility index (Phi) is 7.06. The fraction of sp³-hybridized carbons (Fsp3) is 0.588. The monoisotopic (exact) mass is 341 g/mol. The summed E-state index contributed by atoms with van der Waals surface area (Å²) in [4.78, 5) is 12.1. The van der Waals surface area contributed by atoms with E-state index in [9.17, 15) is 13.2 Å². The van der Waals surface area contributed by atoms with Crippen molar-refractivity contribution in [2.45, 2.75) is 33.1 Å². The maximum Gasteiger partial charge on any atom is 0.220 e. The lowest BCUT2D eigenvalue weighted by Crippen LogP contribution is -2.30. The predicted octanol–water partition coefficient (Wildman–Crippen LogP) is 2.29. The standard InChI is InChI=1S/C17H27NO4S/c1-12(2)15(11-17(19)18-8-9-23(5,20)21)14-6-7-16(22-4)13(3)10-14/h6-7,10,12,15H,8-9,11H2,1-5H3,(H,18,19). The summed E-state index contributed by atoms with van der Waals surface area (Å²) in [6, 6.07) is 5.95. The summed E-state index contributed by atoms with van der Waals surface area (Å²) in [6.07, 6.45) is 1.50. The molecule has 1 unspecified atom stereocenters. The van der Waals surface area contributed by atoms with Crippen LogP contribution in [0.5, 0.6) is 5.75 Å². The van der Waals surface area contributed by atoms with Gasteiger partial charge in [-0.05, 0) is 36.0 Å². The van der Waals surface area contributed by atoms with Crippen molar-refractivity contribution in [3.05, 3.63) is 29.3 Å². The minimum Gasteiger partial charge on any atom is -0.496 e. The number of sulfone groups is 1. The number of rotatable bonds is 8. The zero-order valence-corrected chi connectivity index (χ0v) is 15.4. The first-order chi connectivity index (χ1) is 10.6. The Balaban J connectivity index is 2.75. The summed E-state index contributed by atoms with van der Waals surface area (Å²) < 4.78 is 27.5. The van der Waals surface area contributed by atoms with Crippen LogP contribution in [0.1, 0.15) is 37.3 Å². The van der Waals surface area contributed by atoms with E-state index in [1.807, 2.05) is 25.1 Å². The van der Waals surface area contributed by atoms with Crippen LogP contribution in [0.2, 0.25) is 0 Å². The summed E-state index contributed by atoms with van der Waals surface area (Å²) in [7, 11) is -1.42. The van der Waals surface area contributed by atoms with Crippen LogP contribution in [0.25, 0.3) is 0 Å². The number of nitrogens with one attached hydrogen (secondary N) is 1. The van der Waals surface area contributed by atoms with Gasteiger partial charge in [0, 0.05) is 19.2 Å². The van der Waals surface area contributed by atoms with Crippen molar-refractivity contribution in [1.29, 1.82) is 0 Å². The molecule has 1 atom stereocenters. The molecule has 6 heteroatoms. The Labute approximate surface area is 139 Å². The molecule has 0 heterocycles. The normalized spacial score (nSPS) is 13.0. The summed E-state index contributed by atoms with van der Waals surface area (Å²) >= 11 is 0. The van der Waals surface area contributed by atoms with Gasteiger partial charge in [-0.15, -0.1) is 0 Å². The molecule has 0 aliphatic rings. The average Bonchev–Trinajstić information content (AvgIpc) is 2.43. The number of carbonyl (C=O) groups is 1. The molecule has 0 spiro atoms. The molecule has 1 rings (SSSR count). The van der Waals surface area contributed by atoms with Crippen LogP contribution < -0.4 is 10.1 Å². The van der Waals surface area contributed by atoms with Crippen LogP contribution in [0.4, 0.5) is 0 Å². The number of amides is 1. The van der Waals surface area contributed by atoms with Gasteiger partial charge in [0.25, 0.3) is 0 Å². The SMILES string of the molecule is COc1ccc(C(CC(=O)NCCS(C)(=O)=O)C(C)C)cc1C. The molecule has 1 amide bonds. The van der Waals surface area contributed by atoms with E-state index in [0.717, 1.165) is 23.1 Å². The van der Waals surface area contributed by atoms with E-state index in [1.54, 1.807) is 7.11 Å². The molecule has 0 bridgehead atoms. The minimum atomic E-state index is -3.06. The highest BCUT2D eigenvalue weighted by molar-refractivity contribution is 7.90. The molecule has 0 aliphatic carbocycles. The second kappa shape index (κ2) is 8.34. The van der Waals surface area contributed by atoms with Crippen LogP contribution in [0.15, 0.2) is 18.2 Å². The van der Waals surface area contributed by atoms with E-state index >= 15 is 0 Å². The minimum absolute atomic E-state index is 0.0350. The molecule has 0 aliphatic heterocycles. The summed E-state index contributed by atoms with van der Waals surface area (Å²) in [6.45, 7) is 6.29. The van der Waals surface area contributed by atoms with Gasteiger partial charge in [0.15, 0.2) is 0 Å². The highest BCUT2D eigenvalue weighted by Gasteiger charge is 2.20. The molecule has 0 aromatic heterocycles. The number of aryl methyl sites for hydroxylation is 1. The van der Waals surface area contributed by atoms with Crippen molar-refractivity contribution in [2.24, 2.45) is 5.92 Å². The summed E-state index contributed by atoms with van der Waals surface area (Å²) in [5.74, 6) is 1.04. The first-order valence-corrected chi connectivity index (χ1v) is 9.79. The number of hydrogen-bond donors (Lipinski definition) is 1. The van der Waals surface area contributed by atoms with E-state index in [2.05, 4.69) is 19.2 Å². The van der Waals surface area contributed by atoms with Gasteiger partial charge in [0.05, 0.1) is 12.9 Å². The van der Waals surface area contributed by atoms with E-state index < -0.39 is 9.84 Å². The van der Waals surface area contributed by atoms with Crippen molar-refractivity contribution in [3.8, 4) is 5.75 Å². The quantitative estimate of drug-likeness (QED) is 0.787.